The highest BCUT2D eigenvalue weighted by atomic mass is 35.5. The molecule has 2 amide bonds. The Balaban J connectivity index is 0.00000156. The Labute approximate surface area is 159 Å². The van der Waals surface area contributed by atoms with Crippen LogP contribution in [0.1, 0.15) is 0 Å². The Kier molecular flexibility index (Phi) is 9.05. The van der Waals surface area contributed by atoms with Crippen LogP contribution in [-0.2, 0) is 0 Å². The standard InChI is InChI=1S/C17H20N4O2.2ClH/c22-17(20-14-5-2-1-3-6-14)21-10-9-19-11-15(21)13-23-16-7-4-8-18-12-16;;/h1-8,12,15,19H,9-11,13H2,(H,20,22);2*1H. The van der Waals surface area contributed by atoms with Crippen molar-refractivity contribution < 1.29 is 9.53 Å². The van der Waals surface area contributed by atoms with Gasteiger partial charge in [-0.15, -0.1) is 24.8 Å². The van der Waals surface area contributed by atoms with Crippen molar-refractivity contribution in [2.24, 2.45) is 0 Å². The highest BCUT2D eigenvalue weighted by molar-refractivity contribution is 5.89. The number of anilines is 1. The first kappa shape index (κ1) is 21.0. The van der Waals surface area contributed by atoms with Gasteiger partial charge in [-0.1, -0.05) is 18.2 Å². The molecule has 1 unspecified atom stereocenters. The lowest BCUT2D eigenvalue weighted by Gasteiger charge is -2.35. The number of nitrogens with one attached hydrogen (secondary N) is 2. The normalized spacial score (nSPS) is 16.2. The SMILES string of the molecule is Cl.Cl.O=C(Nc1ccccc1)N1CCNCC1COc1cccnc1. The van der Waals surface area contributed by atoms with Crippen LogP contribution in [0, 0.1) is 0 Å². The fourth-order valence-corrected chi connectivity index (χ4v) is 2.52. The third kappa shape index (κ3) is 6.08. The summed E-state index contributed by atoms with van der Waals surface area (Å²) in [6, 6.07) is 13.0. The maximum absolute atomic E-state index is 12.5. The number of halogens is 2. The van der Waals surface area contributed by atoms with Gasteiger partial charge in [0.15, 0.2) is 0 Å². The molecule has 2 aromatic rings. The number of pyridine rings is 1. The van der Waals surface area contributed by atoms with Gasteiger partial charge in [0.1, 0.15) is 12.4 Å². The zero-order chi connectivity index (χ0) is 15.9. The number of hydrogen-bond acceptors (Lipinski definition) is 4. The summed E-state index contributed by atoms with van der Waals surface area (Å²) < 4.78 is 5.75. The third-order valence-corrected chi connectivity index (χ3v) is 3.71. The quantitative estimate of drug-likeness (QED) is 0.850. The average molecular weight is 385 g/mol. The van der Waals surface area contributed by atoms with Crippen LogP contribution in [0.5, 0.6) is 5.75 Å². The summed E-state index contributed by atoms with van der Waals surface area (Å²) in [7, 11) is 0. The van der Waals surface area contributed by atoms with Gasteiger partial charge in [0.25, 0.3) is 0 Å². The molecule has 1 atom stereocenters. The molecule has 1 fully saturated rings. The molecule has 0 saturated carbocycles. The number of ether oxygens (including phenoxy) is 1. The van der Waals surface area contributed by atoms with Gasteiger partial charge in [-0.25, -0.2) is 4.79 Å². The second kappa shape index (κ2) is 10.8. The molecule has 0 bridgehead atoms. The van der Waals surface area contributed by atoms with E-state index in [0.717, 1.165) is 12.2 Å². The van der Waals surface area contributed by atoms with Crippen molar-refractivity contribution in [3.8, 4) is 5.75 Å². The first-order valence-electron chi connectivity index (χ1n) is 7.69. The molecule has 1 aliphatic rings. The van der Waals surface area contributed by atoms with E-state index in [0.29, 0.717) is 25.4 Å². The lowest BCUT2D eigenvalue weighted by Crippen LogP contribution is -2.57. The molecule has 1 aliphatic heterocycles. The highest BCUT2D eigenvalue weighted by Crippen LogP contribution is 2.12. The van der Waals surface area contributed by atoms with E-state index in [1.807, 2.05) is 47.4 Å². The number of rotatable bonds is 4. The van der Waals surface area contributed by atoms with E-state index in [2.05, 4.69) is 15.6 Å². The van der Waals surface area contributed by atoms with Gasteiger partial charge >= 0.3 is 6.03 Å². The number of nitrogens with zero attached hydrogens (tertiary/aromatic N) is 2. The third-order valence-electron chi connectivity index (χ3n) is 3.71. The molecule has 3 rings (SSSR count). The van der Waals surface area contributed by atoms with Crippen molar-refractivity contribution in [2.45, 2.75) is 6.04 Å². The van der Waals surface area contributed by atoms with Crippen molar-refractivity contribution >= 4 is 36.5 Å². The maximum Gasteiger partial charge on any atom is 0.322 e. The molecule has 6 nitrogen and oxygen atoms in total. The molecule has 2 N–H and O–H groups in total. The summed E-state index contributed by atoms with van der Waals surface area (Å²) in [5.41, 5.74) is 0.794. The number of hydrogen-bond donors (Lipinski definition) is 2. The zero-order valence-electron chi connectivity index (χ0n) is 13.6. The Bertz CT molecular complexity index is 631. The summed E-state index contributed by atoms with van der Waals surface area (Å²) in [6.07, 6.45) is 3.37. The molecule has 1 aromatic heterocycles. The summed E-state index contributed by atoms with van der Waals surface area (Å²) in [5.74, 6) is 0.710. The summed E-state index contributed by atoms with van der Waals surface area (Å²) in [6.45, 7) is 2.58. The van der Waals surface area contributed by atoms with Crippen LogP contribution in [0.2, 0.25) is 0 Å². The fraction of sp³-hybridized carbons (Fsp3) is 0.294. The largest absolute Gasteiger partial charge is 0.490 e. The molecule has 136 valence electrons. The van der Waals surface area contributed by atoms with Crippen LogP contribution in [0.25, 0.3) is 0 Å². The number of amides is 2. The topological polar surface area (TPSA) is 66.5 Å². The lowest BCUT2D eigenvalue weighted by atomic mass is 10.2. The van der Waals surface area contributed by atoms with E-state index in [1.54, 1.807) is 12.4 Å². The second-order valence-electron chi connectivity index (χ2n) is 5.35. The number of benzene rings is 1. The number of para-hydroxylation sites is 1. The predicted molar refractivity (Wildman–Crippen MR) is 103 cm³/mol. The molecule has 1 aromatic carbocycles. The molecule has 0 spiro atoms. The molecule has 0 aliphatic carbocycles. The summed E-state index contributed by atoms with van der Waals surface area (Å²) in [5, 5.41) is 6.23. The minimum Gasteiger partial charge on any atom is -0.490 e. The number of urea groups is 1. The molecule has 0 radical (unpaired) electrons. The smallest absolute Gasteiger partial charge is 0.322 e. The van der Waals surface area contributed by atoms with Gasteiger partial charge in [-0.3, -0.25) is 4.98 Å². The van der Waals surface area contributed by atoms with E-state index >= 15 is 0 Å². The molecule has 2 heterocycles. The Hall–Kier alpha value is -2.02. The average Bonchev–Trinajstić information content (AvgIpc) is 2.62. The van der Waals surface area contributed by atoms with Crippen molar-refractivity contribution in [3.05, 3.63) is 54.9 Å². The Morgan fingerprint density at radius 2 is 2.04 bits per heavy atom. The van der Waals surface area contributed by atoms with Crippen molar-refractivity contribution in [3.63, 3.8) is 0 Å². The van der Waals surface area contributed by atoms with Crippen molar-refractivity contribution in [1.82, 2.24) is 15.2 Å². The van der Waals surface area contributed by atoms with Gasteiger partial charge in [0, 0.05) is 31.5 Å². The van der Waals surface area contributed by atoms with Gasteiger partial charge in [-0.2, -0.15) is 0 Å². The fourth-order valence-electron chi connectivity index (χ4n) is 2.52. The minimum atomic E-state index is -0.0995. The van der Waals surface area contributed by atoms with Crippen LogP contribution in [-0.4, -0.2) is 48.2 Å². The summed E-state index contributed by atoms with van der Waals surface area (Å²) >= 11 is 0. The van der Waals surface area contributed by atoms with E-state index in [9.17, 15) is 4.79 Å². The molecular formula is C17H22Cl2N4O2. The van der Waals surface area contributed by atoms with E-state index in [1.165, 1.54) is 0 Å². The molecule has 8 heteroatoms. The van der Waals surface area contributed by atoms with Gasteiger partial charge in [0.2, 0.25) is 0 Å². The summed E-state index contributed by atoms with van der Waals surface area (Å²) in [4.78, 5) is 18.4. The second-order valence-corrected chi connectivity index (χ2v) is 5.35. The maximum atomic E-state index is 12.5. The van der Waals surface area contributed by atoms with Gasteiger partial charge in [0.05, 0.1) is 12.2 Å². The van der Waals surface area contributed by atoms with E-state index in [-0.39, 0.29) is 36.9 Å². The number of aromatic nitrogens is 1. The number of piperazine rings is 1. The van der Waals surface area contributed by atoms with Crippen LogP contribution >= 0.6 is 24.8 Å². The molecule has 1 saturated heterocycles. The van der Waals surface area contributed by atoms with E-state index < -0.39 is 0 Å². The lowest BCUT2D eigenvalue weighted by molar-refractivity contribution is 0.133. The Morgan fingerprint density at radius 1 is 1.24 bits per heavy atom. The van der Waals surface area contributed by atoms with E-state index in [4.69, 9.17) is 4.74 Å². The van der Waals surface area contributed by atoms with Crippen LogP contribution < -0.4 is 15.4 Å². The van der Waals surface area contributed by atoms with Crippen LogP contribution in [0.15, 0.2) is 54.9 Å². The predicted octanol–water partition coefficient (Wildman–Crippen LogP) is 2.81. The van der Waals surface area contributed by atoms with Gasteiger partial charge in [-0.05, 0) is 24.3 Å². The minimum absolute atomic E-state index is 0. The first-order valence-corrected chi connectivity index (χ1v) is 7.69. The first-order chi connectivity index (χ1) is 11.3. The van der Waals surface area contributed by atoms with Gasteiger partial charge < -0.3 is 20.3 Å². The monoisotopic (exact) mass is 384 g/mol. The molecular weight excluding hydrogens is 363 g/mol. The molecule has 25 heavy (non-hydrogen) atoms. The van der Waals surface area contributed by atoms with Crippen molar-refractivity contribution in [1.29, 1.82) is 0 Å². The zero-order valence-corrected chi connectivity index (χ0v) is 15.3. The number of carbonyl (C=O) groups excluding carboxylic acids is 1. The Morgan fingerprint density at radius 3 is 2.76 bits per heavy atom. The number of carbonyl (C=O) groups is 1. The van der Waals surface area contributed by atoms with Crippen LogP contribution in [0.4, 0.5) is 10.5 Å². The van der Waals surface area contributed by atoms with Crippen LogP contribution in [0.3, 0.4) is 0 Å². The highest BCUT2D eigenvalue weighted by Gasteiger charge is 2.27. The van der Waals surface area contributed by atoms with Crippen molar-refractivity contribution in [2.75, 3.05) is 31.6 Å².